The molecule has 3 heterocycles. The van der Waals surface area contributed by atoms with Crippen LogP contribution in [0.3, 0.4) is 0 Å². The molecule has 1 saturated carbocycles. The molecular weight excluding hydrogens is 334 g/mol. The number of H-pyrrole nitrogens is 1. The summed E-state index contributed by atoms with van der Waals surface area (Å²) in [4.78, 5) is 11.7. The zero-order chi connectivity index (χ0) is 17.0. The van der Waals surface area contributed by atoms with Crippen molar-refractivity contribution >= 4 is 28.6 Å². The van der Waals surface area contributed by atoms with E-state index < -0.39 is 0 Å². The molecule has 0 bridgehead atoms. The molecule has 2 fully saturated rings. The molecule has 0 unspecified atom stereocenters. The van der Waals surface area contributed by atoms with E-state index in [0.29, 0.717) is 16.1 Å². The first-order valence-electron chi connectivity index (χ1n) is 8.87. The van der Waals surface area contributed by atoms with Gasteiger partial charge in [0.05, 0.1) is 16.9 Å². The van der Waals surface area contributed by atoms with Gasteiger partial charge in [-0.3, -0.25) is 5.10 Å². The van der Waals surface area contributed by atoms with Crippen LogP contribution in [0.2, 0.25) is 5.02 Å². The van der Waals surface area contributed by atoms with Crippen molar-refractivity contribution in [3.63, 3.8) is 0 Å². The van der Waals surface area contributed by atoms with E-state index in [9.17, 15) is 0 Å². The van der Waals surface area contributed by atoms with Crippen LogP contribution in [0.15, 0.2) is 30.5 Å². The molecule has 1 spiro atoms. The maximum Gasteiger partial charge on any atom is 0.202 e. The van der Waals surface area contributed by atoms with E-state index in [2.05, 4.69) is 27.0 Å². The highest BCUT2D eigenvalue weighted by Crippen LogP contribution is 2.59. The third-order valence-corrected chi connectivity index (χ3v) is 6.41. The van der Waals surface area contributed by atoms with Crippen molar-refractivity contribution in [3.05, 3.63) is 35.5 Å². The standard InChI is InChI=1S/C19H20ClN5/c1-12-10-19(12)6-8-25(9-7-19)15-11-21-17-16(23-24-18(17)22-15)13-4-2-3-5-14(13)20/h2-5,11-12H,6-10H2,1H3,(H,22,23,24)/t12-/m1/s1. The average molecular weight is 354 g/mol. The molecular formula is C19H20ClN5. The predicted molar refractivity (Wildman–Crippen MR) is 99.8 cm³/mol. The van der Waals surface area contributed by atoms with Gasteiger partial charge in [-0.2, -0.15) is 5.10 Å². The molecule has 5 nitrogen and oxygen atoms in total. The third-order valence-electron chi connectivity index (χ3n) is 6.08. The van der Waals surface area contributed by atoms with E-state index in [0.717, 1.165) is 41.6 Å². The number of piperidine rings is 1. The highest BCUT2D eigenvalue weighted by atomic mass is 35.5. The molecule has 1 atom stereocenters. The van der Waals surface area contributed by atoms with Gasteiger partial charge >= 0.3 is 0 Å². The largest absolute Gasteiger partial charge is 0.355 e. The summed E-state index contributed by atoms with van der Waals surface area (Å²) in [5.41, 5.74) is 3.76. The van der Waals surface area contributed by atoms with Crippen molar-refractivity contribution in [2.75, 3.05) is 18.0 Å². The fourth-order valence-electron chi connectivity index (χ4n) is 4.22. The van der Waals surface area contributed by atoms with E-state index >= 15 is 0 Å². The van der Waals surface area contributed by atoms with E-state index in [1.807, 2.05) is 30.5 Å². The number of nitrogens with zero attached hydrogens (tertiary/aromatic N) is 4. The Morgan fingerprint density at radius 3 is 2.72 bits per heavy atom. The second-order valence-electron chi connectivity index (χ2n) is 7.43. The molecule has 1 aliphatic carbocycles. The van der Waals surface area contributed by atoms with Crippen molar-refractivity contribution < 1.29 is 0 Å². The predicted octanol–water partition coefficient (Wildman–Crippen LogP) is 4.30. The first-order valence-corrected chi connectivity index (χ1v) is 9.25. The number of anilines is 1. The van der Waals surface area contributed by atoms with Crippen molar-refractivity contribution in [3.8, 4) is 11.3 Å². The van der Waals surface area contributed by atoms with Gasteiger partial charge in [0.25, 0.3) is 0 Å². The molecule has 5 rings (SSSR count). The highest BCUT2D eigenvalue weighted by Gasteiger charge is 2.51. The number of benzene rings is 1. The van der Waals surface area contributed by atoms with Crippen LogP contribution in [-0.2, 0) is 0 Å². The van der Waals surface area contributed by atoms with Crippen molar-refractivity contribution in [1.82, 2.24) is 20.2 Å². The Morgan fingerprint density at radius 2 is 2.00 bits per heavy atom. The first-order chi connectivity index (χ1) is 12.2. The number of aromatic nitrogens is 4. The van der Waals surface area contributed by atoms with Crippen LogP contribution in [0.1, 0.15) is 26.2 Å². The lowest BCUT2D eigenvalue weighted by Crippen LogP contribution is -2.35. The lowest BCUT2D eigenvalue weighted by atomic mass is 9.91. The smallest absolute Gasteiger partial charge is 0.202 e. The van der Waals surface area contributed by atoms with E-state index in [1.54, 1.807) is 0 Å². The maximum absolute atomic E-state index is 6.31. The second kappa shape index (κ2) is 5.43. The number of fused-ring (bicyclic) bond motifs is 1. The van der Waals surface area contributed by atoms with Gasteiger partial charge in [0.1, 0.15) is 11.3 Å². The Morgan fingerprint density at radius 1 is 1.24 bits per heavy atom. The third kappa shape index (κ3) is 2.41. The van der Waals surface area contributed by atoms with Crippen LogP contribution in [-0.4, -0.2) is 33.3 Å². The molecule has 1 aromatic carbocycles. The lowest BCUT2D eigenvalue weighted by Gasteiger charge is -2.33. The Kier molecular flexibility index (Phi) is 3.29. The number of rotatable bonds is 2. The monoisotopic (exact) mass is 353 g/mol. The Hall–Kier alpha value is -2.14. The minimum Gasteiger partial charge on any atom is -0.355 e. The quantitative estimate of drug-likeness (QED) is 0.746. The van der Waals surface area contributed by atoms with Crippen LogP contribution in [0.4, 0.5) is 5.82 Å². The van der Waals surface area contributed by atoms with E-state index in [-0.39, 0.29) is 0 Å². The summed E-state index contributed by atoms with van der Waals surface area (Å²) in [6.45, 7) is 4.50. The van der Waals surface area contributed by atoms with Crippen molar-refractivity contribution in [2.45, 2.75) is 26.2 Å². The SMILES string of the molecule is C[C@@H]1CC12CCN(c1cnc3c(-c4ccccc4Cl)[nH]nc3n1)CC2. The van der Waals surface area contributed by atoms with Gasteiger partial charge < -0.3 is 4.90 Å². The summed E-state index contributed by atoms with van der Waals surface area (Å²) in [5.74, 6) is 1.82. The van der Waals surface area contributed by atoms with E-state index in [4.69, 9.17) is 16.6 Å². The minimum absolute atomic E-state index is 0.623. The van der Waals surface area contributed by atoms with Crippen LogP contribution in [0, 0.1) is 11.3 Å². The summed E-state index contributed by atoms with van der Waals surface area (Å²) >= 11 is 6.31. The highest BCUT2D eigenvalue weighted by molar-refractivity contribution is 6.33. The molecule has 0 radical (unpaired) electrons. The van der Waals surface area contributed by atoms with Crippen molar-refractivity contribution in [2.24, 2.45) is 11.3 Å². The number of hydrogen-bond donors (Lipinski definition) is 1. The van der Waals surface area contributed by atoms with Crippen LogP contribution in [0.25, 0.3) is 22.4 Å². The molecule has 2 aliphatic rings. The number of aromatic amines is 1. The molecule has 25 heavy (non-hydrogen) atoms. The molecule has 1 saturated heterocycles. The maximum atomic E-state index is 6.31. The fraction of sp³-hybridized carbons (Fsp3) is 0.421. The van der Waals surface area contributed by atoms with Gasteiger partial charge in [0.2, 0.25) is 5.65 Å². The Bertz CT molecular complexity index is 942. The zero-order valence-corrected chi connectivity index (χ0v) is 14.9. The lowest BCUT2D eigenvalue weighted by molar-refractivity contribution is 0.355. The van der Waals surface area contributed by atoms with Gasteiger partial charge in [-0.05, 0) is 36.7 Å². The summed E-state index contributed by atoms with van der Waals surface area (Å²) in [5, 5.41) is 8.09. The van der Waals surface area contributed by atoms with Gasteiger partial charge in [-0.15, -0.1) is 0 Å². The average Bonchev–Trinajstić information content (AvgIpc) is 3.06. The first kappa shape index (κ1) is 15.1. The molecule has 2 aromatic heterocycles. The zero-order valence-electron chi connectivity index (χ0n) is 14.2. The summed E-state index contributed by atoms with van der Waals surface area (Å²) in [6.07, 6.45) is 5.79. The number of hydrogen-bond acceptors (Lipinski definition) is 4. The topological polar surface area (TPSA) is 57.7 Å². The van der Waals surface area contributed by atoms with E-state index in [1.165, 1.54) is 19.3 Å². The minimum atomic E-state index is 0.623. The van der Waals surface area contributed by atoms with Crippen LogP contribution < -0.4 is 4.90 Å². The molecule has 0 amide bonds. The molecule has 1 N–H and O–H groups in total. The van der Waals surface area contributed by atoms with Gasteiger partial charge in [-0.1, -0.05) is 36.7 Å². The summed E-state index contributed by atoms with van der Waals surface area (Å²) in [7, 11) is 0. The summed E-state index contributed by atoms with van der Waals surface area (Å²) in [6, 6.07) is 7.70. The normalized spacial score (nSPS) is 21.8. The fourth-order valence-corrected chi connectivity index (χ4v) is 4.45. The van der Waals surface area contributed by atoms with Gasteiger partial charge in [0, 0.05) is 18.7 Å². The molecule has 1 aliphatic heterocycles. The van der Waals surface area contributed by atoms with Gasteiger partial charge in [-0.25, -0.2) is 9.97 Å². The van der Waals surface area contributed by atoms with Crippen molar-refractivity contribution in [1.29, 1.82) is 0 Å². The number of halogens is 1. The molecule has 3 aromatic rings. The van der Waals surface area contributed by atoms with Gasteiger partial charge in [0.15, 0.2) is 0 Å². The molecule has 6 heteroatoms. The number of nitrogens with one attached hydrogen (secondary N) is 1. The van der Waals surface area contributed by atoms with Crippen LogP contribution in [0.5, 0.6) is 0 Å². The summed E-state index contributed by atoms with van der Waals surface area (Å²) < 4.78 is 0. The Balaban J connectivity index is 1.45. The Labute approximate surface area is 151 Å². The van der Waals surface area contributed by atoms with Crippen LogP contribution >= 0.6 is 11.6 Å². The molecule has 128 valence electrons. The second-order valence-corrected chi connectivity index (χ2v) is 7.84.